The maximum absolute atomic E-state index is 12.8. The molecule has 2 saturated heterocycles. The highest BCUT2D eigenvalue weighted by atomic mass is 16.6. The molecule has 0 aromatic rings. The van der Waals surface area contributed by atoms with E-state index in [2.05, 4.69) is 22.4 Å². The van der Waals surface area contributed by atoms with Crippen molar-refractivity contribution in [2.45, 2.75) is 31.7 Å². The Balaban J connectivity index is 1.40. The van der Waals surface area contributed by atoms with E-state index in [0.717, 1.165) is 76.7 Å². The van der Waals surface area contributed by atoms with Gasteiger partial charge in [-0.1, -0.05) is 12.2 Å². The first kappa shape index (κ1) is 17.6. The van der Waals surface area contributed by atoms with Crippen molar-refractivity contribution in [3.63, 3.8) is 0 Å². The molecule has 0 bridgehead atoms. The van der Waals surface area contributed by atoms with E-state index in [9.17, 15) is 4.79 Å². The molecule has 4 rings (SSSR count). The van der Waals surface area contributed by atoms with E-state index in [-0.39, 0.29) is 6.09 Å². The van der Waals surface area contributed by atoms with Crippen molar-refractivity contribution in [3.8, 4) is 0 Å². The highest BCUT2D eigenvalue weighted by molar-refractivity contribution is 5.70. The number of ether oxygens (including phenoxy) is 2. The summed E-state index contributed by atoms with van der Waals surface area (Å²) in [5.74, 6) is 1.28. The lowest BCUT2D eigenvalue weighted by atomic mass is 10.1. The fourth-order valence-corrected chi connectivity index (χ4v) is 3.79. The fraction of sp³-hybridized carbons (Fsp3) is 0.650. The molecule has 4 aliphatic rings. The van der Waals surface area contributed by atoms with Crippen LogP contribution in [-0.2, 0) is 9.47 Å². The molecular weight excluding hydrogens is 330 g/mol. The van der Waals surface area contributed by atoms with Crippen molar-refractivity contribution in [2.75, 3.05) is 45.9 Å². The number of carbonyl (C=O) groups is 1. The summed E-state index contributed by atoms with van der Waals surface area (Å²) in [5.41, 5.74) is 1.10. The molecule has 6 heteroatoms. The third-order valence-electron chi connectivity index (χ3n) is 5.47. The van der Waals surface area contributed by atoms with Crippen LogP contribution in [0.15, 0.2) is 35.8 Å². The van der Waals surface area contributed by atoms with Crippen LogP contribution in [0.1, 0.15) is 25.7 Å². The molecule has 3 fully saturated rings. The number of amides is 1. The molecule has 1 unspecified atom stereocenters. The molecule has 1 amide bonds. The summed E-state index contributed by atoms with van der Waals surface area (Å²) in [6.07, 6.45) is 12.0. The van der Waals surface area contributed by atoms with E-state index in [1.165, 1.54) is 0 Å². The van der Waals surface area contributed by atoms with Crippen LogP contribution in [0.25, 0.3) is 0 Å². The number of hydrogen-bond acceptors (Lipinski definition) is 5. The van der Waals surface area contributed by atoms with Gasteiger partial charge in [-0.15, -0.1) is 0 Å². The minimum atomic E-state index is -0.178. The normalized spacial score (nSPS) is 26.2. The van der Waals surface area contributed by atoms with Crippen LogP contribution in [0, 0.1) is 5.92 Å². The summed E-state index contributed by atoms with van der Waals surface area (Å²) >= 11 is 0. The van der Waals surface area contributed by atoms with Gasteiger partial charge in [-0.05, 0) is 44.3 Å². The molecule has 2 aliphatic heterocycles. The predicted molar refractivity (Wildman–Crippen MR) is 99.5 cm³/mol. The van der Waals surface area contributed by atoms with Gasteiger partial charge < -0.3 is 24.6 Å². The number of carbonyl (C=O) groups excluding carboxylic acids is 1. The predicted octanol–water partition coefficient (Wildman–Crippen LogP) is 2.26. The van der Waals surface area contributed by atoms with Crippen LogP contribution in [0.5, 0.6) is 0 Å². The van der Waals surface area contributed by atoms with Crippen LogP contribution in [-0.4, -0.2) is 67.9 Å². The lowest BCUT2D eigenvalue weighted by Gasteiger charge is -2.30. The molecule has 2 heterocycles. The van der Waals surface area contributed by atoms with E-state index in [0.29, 0.717) is 18.4 Å². The lowest BCUT2D eigenvalue weighted by Crippen LogP contribution is -2.38. The number of nitrogens with one attached hydrogen (secondary N) is 1. The second-order valence-electron chi connectivity index (χ2n) is 7.54. The number of rotatable bonds is 5. The number of morpholine rings is 1. The Labute approximate surface area is 155 Å². The molecular formula is C20H29N3O3. The molecule has 142 valence electrons. The van der Waals surface area contributed by atoms with Gasteiger partial charge in [-0.2, -0.15) is 0 Å². The van der Waals surface area contributed by atoms with Gasteiger partial charge in [0.05, 0.1) is 13.2 Å². The van der Waals surface area contributed by atoms with Crippen LogP contribution in [0.3, 0.4) is 0 Å². The van der Waals surface area contributed by atoms with Gasteiger partial charge in [0.25, 0.3) is 0 Å². The standard InChI is InChI=1S/C20H29N3O3/c24-20(23(17-5-6-17)15-16-7-8-21-14-16)26-19-4-2-1-3-18(13-19)22-9-11-25-12-10-22/h1-3,13,16-17,21H,4-12,14-15H2. The monoisotopic (exact) mass is 359 g/mol. The van der Waals surface area contributed by atoms with E-state index in [1.54, 1.807) is 0 Å². The smallest absolute Gasteiger partial charge is 0.414 e. The number of hydrogen-bond donors (Lipinski definition) is 1. The Kier molecular flexibility index (Phi) is 5.60. The second kappa shape index (κ2) is 8.27. The molecule has 1 atom stereocenters. The van der Waals surface area contributed by atoms with Crippen LogP contribution in [0.4, 0.5) is 4.79 Å². The molecule has 1 N–H and O–H groups in total. The average Bonchev–Trinajstić information content (AvgIpc) is 3.42. The minimum absolute atomic E-state index is 0.178. The quantitative estimate of drug-likeness (QED) is 0.816. The number of allylic oxidation sites excluding steroid dienone is 4. The van der Waals surface area contributed by atoms with Gasteiger partial charge in [-0.25, -0.2) is 4.79 Å². The zero-order valence-electron chi connectivity index (χ0n) is 15.4. The molecule has 2 aliphatic carbocycles. The third-order valence-corrected chi connectivity index (χ3v) is 5.47. The van der Waals surface area contributed by atoms with Gasteiger partial charge in [0.2, 0.25) is 0 Å². The molecule has 6 nitrogen and oxygen atoms in total. The van der Waals surface area contributed by atoms with Gasteiger partial charge in [-0.3, -0.25) is 0 Å². The van der Waals surface area contributed by atoms with Crippen LogP contribution < -0.4 is 5.32 Å². The zero-order chi connectivity index (χ0) is 17.8. The molecule has 0 aromatic carbocycles. The number of nitrogens with zero attached hydrogens (tertiary/aromatic N) is 2. The Morgan fingerprint density at radius 2 is 2.15 bits per heavy atom. The zero-order valence-corrected chi connectivity index (χ0v) is 15.4. The Hall–Kier alpha value is -1.79. The van der Waals surface area contributed by atoms with Crippen molar-refractivity contribution >= 4 is 6.09 Å². The largest absolute Gasteiger partial charge is 0.415 e. The third kappa shape index (κ3) is 4.48. The Morgan fingerprint density at radius 3 is 2.88 bits per heavy atom. The Bertz CT molecular complexity index is 597. The van der Waals surface area contributed by atoms with E-state index in [1.807, 2.05) is 17.1 Å². The van der Waals surface area contributed by atoms with E-state index in [4.69, 9.17) is 9.47 Å². The Morgan fingerprint density at radius 1 is 1.31 bits per heavy atom. The van der Waals surface area contributed by atoms with Crippen molar-refractivity contribution in [3.05, 3.63) is 35.8 Å². The van der Waals surface area contributed by atoms with Crippen molar-refractivity contribution in [1.29, 1.82) is 0 Å². The van der Waals surface area contributed by atoms with Gasteiger partial charge in [0.15, 0.2) is 0 Å². The lowest BCUT2D eigenvalue weighted by molar-refractivity contribution is 0.0551. The first-order chi connectivity index (χ1) is 12.8. The van der Waals surface area contributed by atoms with E-state index >= 15 is 0 Å². The first-order valence-electron chi connectivity index (χ1n) is 9.89. The highest BCUT2D eigenvalue weighted by Gasteiger charge is 2.36. The molecule has 26 heavy (non-hydrogen) atoms. The van der Waals surface area contributed by atoms with Crippen molar-refractivity contribution in [1.82, 2.24) is 15.1 Å². The highest BCUT2D eigenvalue weighted by Crippen LogP contribution is 2.30. The molecule has 0 aromatic heterocycles. The summed E-state index contributed by atoms with van der Waals surface area (Å²) in [6, 6.07) is 0.374. The van der Waals surface area contributed by atoms with E-state index < -0.39 is 0 Å². The maximum atomic E-state index is 12.8. The van der Waals surface area contributed by atoms with Gasteiger partial charge in [0.1, 0.15) is 5.76 Å². The average molecular weight is 359 g/mol. The SMILES string of the molecule is O=C(OC1=CC(N2CCOCC2)=CC=CC1)N(CC1CCNC1)C1CC1. The summed E-state index contributed by atoms with van der Waals surface area (Å²) in [7, 11) is 0. The topological polar surface area (TPSA) is 54.0 Å². The molecule has 1 saturated carbocycles. The maximum Gasteiger partial charge on any atom is 0.415 e. The fourth-order valence-electron chi connectivity index (χ4n) is 3.79. The second-order valence-corrected chi connectivity index (χ2v) is 7.54. The van der Waals surface area contributed by atoms with Crippen molar-refractivity contribution < 1.29 is 14.3 Å². The van der Waals surface area contributed by atoms with Crippen LogP contribution in [0.2, 0.25) is 0 Å². The summed E-state index contributed by atoms with van der Waals surface area (Å²) in [4.78, 5) is 17.1. The summed E-state index contributed by atoms with van der Waals surface area (Å²) in [6.45, 7) is 6.11. The van der Waals surface area contributed by atoms with Crippen molar-refractivity contribution in [2.24, 2.45) is 5.92 Å². The van der Waals surface area contributed by atoms with Gasteiger partial charge in [0, 0.05) is 43.9 Å². The van der Waals surface area contributed by atoms with Crippen LogP contribution >= 0.6 is 0 Å². The summed E-state index contributed by atoms with van der Waals surface area (Å²) in [5, 5.41) is 3.39. The van der Waals surface area contributed by atoms with Gasteiger partial charge >= 0.3 is 6.09 Å². The summed E-state index contributed by atoms with van der Waals surface area (Å²) < 4.78 is 11.3. The first-order valence-corrected chi connectivity index (χ1v) is 9.89. The molecule has 0 spiro atoms. The minimum Gasteiger partial charge on any atom is -0.414 e. The molecule has 0 radical (unpaired) electrons.